The monoisotopic (exact) mass is 390 g/mol. The number of nitro benzene ring substituents is 1. The molecule has 0 bridgehead atoms. The van der Waals surface area contributed by atoms with Crippen molar-refractivity contribution in [3.8, 4) is 5.75 Å². The zero-order valence-electron chi connectivity index (χ0n) is 14.2. The Kier molecular flexibility index (Phi) is 5.41. The minimum Gasteiger partial charge on any atom is -0.484 e. The van der Waals surface area contributed by atoms with Gasteiger partial charge in [0.1, 0.15) is 18.1 Å². The van der Waals surface area contributed by atoms with Crippen LogP contribution in [0.25, 0.3) is 0 Å². The van der Waals surface area contributed by atoms with Crippen LogP contribution in [-0.4, -0.2) is 20.6 Å². The van der Waals surface area contributed by atoms with E-state index in [4.69, 9.17) is 20.8 Å². The standard InChI is InChI=1S/C17H15ClN4O5/c1-21-9-11(8-20-21)7-19-17(23)16-5-3-13(27-16)10-26-15-4-2-12(22(24)25)6-14(15)18/h2-6,8-9H,7,10H2,1H3,(H,19,23). The lowest BCUT2D eigenvalue weighted by molar-refractivity contribution is -0.384. The topological polar surface area (TPSA) is 112 Å². The van der Waals surface area contributed by atoms with E-state index in [1.165, 1.54) is 24.3 Å². The van der Waals surface area contributed by atoms with E-state index in [1.54, 1.807) is 30.2 Å². The number of halogens is 1. The van der Waals surface area contributed by atoms with Crippen molar-refractivity contribution >= 4 is 23.2 Å². The highest BCUT2D eigenvalue weighted by Crippen LogP contribution is 2.29. The predicted octanol–water partition coefficient (Wildman–Crippen LogP) is 3.08. The molecule has 0 saturated carbocycles. The van der Waals surface area contributed by atoms with Crippen LogP contribution >= 0.6 is 11.6 Å². The molecule has 0 aliphatic heterocycles. The van der Waals surface area contributed by atoms with Gasteiger partial charge in [0, 0.05) is 37.5 Å². The Hall–Kier alpha value is -3.33. The Morgan fingerprint density at radius 1 is 1.41 bits per heavy atom. The summed E-state index contributed by atoms with van der Waals surface area (Å²) >= 11 is 5.97. The number of non-ortho nitro benzene ring substituents is 1. The number of furan rings is 1. The number of amides is 1. The van der Waals surface area contributed by atoms with Gasteiger partial charge < -0.3 is 14.5 Å². The van der Waals surface area contributed by atoms with Crippen LogP contribution in [0.1, 0.15) is 21.9 Å². The van der Waals surface area contributed by atoms with Crippen molar-refractivity contribution < 1.29 is 18.9 Å². The second-order valence-corrected chi connectivity index (χ2v) is 6.04. The first-order valence-corrected chi connectivity index (χ1v) is 8.21. The van der Waals surface area contributed by atoms with E-state index in [1.807, 2.05) is 0 Å². The van der Waals surface area contributed by atoms with E-state index in [9.17, 15) is 14.9 Å². The van der Waals surface area contributed by atoms with Crippen LogP contribution in [0.4, 0.5) is 5.69 Å². The molecule has 0 atom stereocenters. The smallest absolute Gasteiger partial charge is 0.287 e. The van der Waals surface area contributed by atoms with Crippen molar-refractivity contribution in [3.05, 3.63) is 74.9 Å². The lowest BCUT2D eigenvalue weighted by Crippen LogP contribution is -2.22. The summed E-state index contributed by atoms with van der Waals surface area (Å²) in [7, 11) is 1.79. The summed E-state index contributed by atoms with van der Waals surface area (Å²) in [6, 6.07) is 7.05. The van der Waals surface area contributed by atoms with Gasteiger partial charge in [0.15, 0.2) is 5.76 Å². The molecule has 0 unspecified atom stereocenters. The van der Waals surface area contributed by atoms with Crippen molar-refractivity contribution in [1.82, 2.24) is 15.1 Å². The second-order valence-electron chi connectivity index (χ2n) is 5.63. The van der Waals surface area contributed by atoms with E-state index in [-0.39, 0.29) is 34.7 Å². The molecule has 0 spiro atoms. The molecule has 3 aromatic rings. The number of hydrogen-bond acceptors (Lipinski definition) is 6. The highest BCUT2D eigenvalue weighted by Gasteiger charge is 2.14. The maximum atomic E-state index is 12.1. The molecule has 27 heavy (non-hydrogen) atoms. The molecule has 0 radical (unpaired) electrons. The third-order valence-corrected chi connectivity index (χ3v) is 3.89. The van der Waals surface area contributed by atoms with E-state index in [0.29, 0.717) is 12.3 Å². The van der Waals surface area contributed by atoms with Crippen molar-refractivity contribution in [2.24, 2.45) is 7.05 Å². The molecule has 0 aliphatic carbocycles. The van der Waals surface area contributed by atoms with E-state index in [0.717, 1.165) is 5.56 Å². The molecular formula is C17H15ClN4O5. The van der Waals surface area contributed by atoms with Crippen LogP contribution in [0, 0.1) is 10.1 Å². The Balaban J connectivity index is 1.56. The quantitative estimate of drug-likeness (QED) is 0.490. The van der Waals surface area contributed by atoms with Crippen LogP contribution in [0.5, 0.6) is 5.75 Å². The van der Waals surface area contributed by atoms with Gasteiger partial charge in [-0.15, -0.1) is 0 Å². The van der Waals surface area contributed by atoms with Gasteiger partial charge in [0.05, 0.1) is 16.1 Å². The number of aromatic nitrogens is 2. The van der Waals surface area contributed by atoms with Gasteiger partial charge >= 0.3 is 0 Å². The number of nitrogens with zero attached hydrogens (tertiary/aromatic N) is 3. The minimum atomic E-state index is -0.543. The van der Waals surface area contributed by atoms with Crippen molar-refractivity contribution in [2.45, 2.75) is 13.2 Å². The van der Waals surface area contributed by atoms with E-state index >= 15 is 0 Å². The molecule has 1 amide bonds. The maximum Gasteiger partial charge on any atom is 0.287 e. The number of nitro groups is 1. The Morgan fingerprint density at radius 3 is 2.89 bits per heavy atom. The molecule has 10 heteroatoms. The van der Waals surface area contributed by atoms with Crippen LogP contribution in [-0.2, 0) is 20.2 Å². The molecule has 0 fully saturated rings. The first-order valence-electron chi connectivity index (χ1n) is 7.83. The van der Waals surface area contributed by atoms with Crippen LogP contribution in [0.3, 0.4) is 0 Å². The van der Waals surface area contributed by atoms with E-state index < -0.39 is 4.92 Å². The Bertz CT molecular complexity index is 981. The zero-order valence-corrected chi connectivity index (χ0v) is 15.0. The van der Waals surface area contributed by atoms with Gasteiger partial charge in [0.25, 0.3) is 11.6 Å². The first kappa shape index (κ1) is 18.5. The summed E-state index contributed by atoms with van der Waals surface area (Å²) in [5, 5.41) is 17.6. The Morgan fingerprint density at radius 2 is 2.22 bits per heavy atom. The van der Waals surface area contributed by atoms with Crippen LogP contribution in [0.2, 0.25) is 5.02 Å². The van der Waals surface area contributed by atoms with Gasteiger partial charge in [-0.25, -0.2) is 0 Å². The molecule has 1 N–H and O–H groups in total. The molecular weight excluding hydrogens is 376 g/mol. The normalized spacial score (nSPS) is 10.6. The lowest BCUT2D eigenvalue weighted by Gasteiger charge is -2.06. The maximum absolute atomic E-state index is 12.1. The summed E-state index contributed by atoms with van der Waals surface area (Å²) in [4.78, 5) is 22.3. The molecule has 2 aromatic heterocycles. The average molecular weight is 391 g/mol. The largest absolute Gasteiger partial charge is 0.484 e. The van der Waals surface area contributed by atoms with Gasteiger partial charge in [-0.3, -0.25) is 19.6 Å². The molecule has 2 heterocycles. The van der Waals surface area contributed by atoms with Crippen LogP contribution < -0.4 is 10.1 Å². The number of nitrogens with one attached hydrogen (secondary N) is 1. The number of benzene rings is 1. The van der Waals surface area contributed by atoms with Crippen molar-refractivity contribution in [1.29, 1.82) is 0 Å². The number of carbonyl (C=O) groups excluding carboxylic acids is 1. The number of hydrogen-bond donors (Lipinski definition) is 1. The number of rotatable bonds is 7. The Labute approximate surface area is 158 Å². The third kappa shape index (κ3) is 4.64. The average Bonchev–Trinajstić information content (AvgIpc) is 3.27. The lowest BCUT2D eigenvalue weighted by atomic mass is 10.3. The van der Waals surface area contributed by atoms with Crippen LogP contribution in [0.15, 0.2) is 47.1 Å². The highest BCUT2D eigenvalue weighted by atomic mass is 35.5. The highest BCUT2D eigenvalue weighted by molar-refractivity contribution is 6.32. The van der Waals surface area contributed by atoms with Gasteiger partial charge in [-0.05, 0) is 18.2 Å². The second kappa shape index (κ2) is 7.92. The van der Waals surface area contributed by atoms with Crippen molar-refractivity contribution in [3.63, 3.8) is 0 Å². The fourth-order valence-electron chi connectivity index (χ4n) is 2.28. The van der Waals surface area contributed by atoms with Gasteiger partial charge in [-0.2, -0.15) is 5.10 Å². The zero-order chi connectivity index (χ0) is 19.4. The molecule has 3 rings (SSSR count). The summed E-state index contributed by atoms with van der Waals surface area (Å²) in [6.07, 6.45) is 3.46. The summed E-state index contributed by atoms with van der Waals surface area (Å²) in [6.45, 7) is 0.352. The van der Waals surface area contributed by atoms with Crippen molar-refractivity contribution in [2.75, 3.05) is 0 Å². The summed E-state index contributed by atoms with van der Waals surface area (Å²) in [5.41, 5.74) is 0.742. The fraction of sp³-hybridized carbons (Fsp3) is 0.176. The van der Waals surface area contributed by atoms with Gasteiger partial charge in [0.2, 0.25) is 0 Å². The van der Waals surface area contributed by atoms with Gasteiger partial charge in [-0.1, -0.05) is 11.6 Å². The molecule has 0 saturated heterocycles. The minimum absolute atomic E-state index is 0.0212. The first-order chi connectivity index (χ1) is 12.9. The molecule has 0 aliphatic rings. The molecule has 9 nitrogen and oxygen atoms in total. The molecule has 140 valence electrons. The summed E-state index contributed by atoms with van der Waals surface area (Å²) < 4.78 is 12.6. The number of aryl methyl sites for hydroxylation is 1. The molecule has 1 aromatic carbocycles. The number of carbonyl (C=O) groups is 1. The predicted molar refractivity (Wildman–Crippen MR) is 95.5 cm³/mol. The SMILES string of the molecule is Cn1cc(CNC(=O)c2ccc(COc3ccc([N+](=O)[O-])cc3Cl)o2)cn1. The third-order valence-electron chi connectivity index (χ3n) is 3.59. The summed E-state index contributed by atoms with van der Waals surface area (Å²) in [5.74, 6) is 0.475. The fourth-order valence-corrected chi connectivity index (χ4v) is 2.51. The number of ether oxygens (including phenoxy) is 1. The van der Waals surface area contributed by atoms with E-state index in [2.05, 4.69) is 10.4 Å².